The molecule has 0 unspecified atom stereocenters. The molecular formula is C30H38O6. The van der Waals surface area contributed by atoms with Crippen LogP contribution in [-0.4, -0.2) is 38.4 Å². The van der Waals surface area contributed by atoms with Crippen LogP contribution in [0.1, 0.15) is 54.0 Å². The van der Waals surface area contributed by atoms with Crippen LogP contribution in [0.4, 0.5) is 0 Å². The fourth-order valence-corrected chi connectivity index (χ4v) is 3.74. The van der Waals surface area contributed by atoms with Crippen LogP contribution in [0.2, 0.25) is 0 Å². The quantitative estimate of drug-likeness (QED) is 0.238. The summed E-state index contributed by atoms with van der Waals surface area (Å²) in [6, 6.07) is 13.8. The molecule has 0 radical (unpaired) electrons. The van der Waals surface area contributed by atoms with Crippen LogP contribution in [0, 0.1) is 11.8 Å². The van der Waals surface area contributed by atoms with Crippen molar-refractivity contribution in [3.05, 3.63) is 48.0 Å². The second-order valence-electron chi connectivity index (χ2n) is 10.9. The molecule has 0 atom stereocenters. The number of carbonyl (C=O) groups is 2. The van der Waals surface area contributed by atoms with Gasteiger partial charge in [0, 0.05) is 21.5 Å². The first-order valence-electron chi connectivity index (χ1n) is 12.5. The van der Waals surface area contributed by atoms with E-state index < -0.39 is 11.9 Å². The lowest BCUT2D eigenvalue weighted by Gasteiger charge is -2.22. The van der Waals surface area contributed by atoms with Crippen LogP contribution in [0.15, 0.2) is 42.5 Å². The molecule has 3 rings (SSSR count). The zero-order chi connectivity index (χ0) is 26.5. The van der Waals surface area contributed by atoms with Crippen LogP contribution in [0.3, 0.4) is 0 Å². The Morgan fingerprint density at radius 1 is 0.694 bits per heavy atom. The molecule has 3 aromatic carbocycles. The SMILES string of the molecule is CC(C)COC(=O)COc1c2ccccc2c(OCC(=O)OCC(C)C)c2cc(C(C)(C)C)ccc12. The molecule has 0 aromatic heterocycles. The highest BCUT2D eigenvalue weighted by Crippen LogP contribution is 2.44. The Bertz CT molecular complexity index is 1220. The number of esters is 2. The molecule has 0 N–H and O–H groups in total. The van der Waals surface area contributed by atoms with Crippen LogP contribution in [0.25, 0.3) is 21.5 Å². The predicted molar refractivity (Wildman–Crippen MR) is 143 cm³/mol. The Kier molecular flexibility index (Phi) is 8.83. The zero-order valence-electron chi connectivity index (χ0n) is 22.5. The molecule has 6 heteroatoms. The van der Waals surface area contributed by atoms with Gasteiger partial charge >= 0.3 is 11.9 Å². The standard InChI is InChI=1S/C30H38O6/c1-19(2)15-33-26(31)17-35-28-22-10-8-9-11-23(22)29(36-18-27(32)34-16-20(3)4)25-14-21(30(5,6)7)12-13-24(25)28/h8-14,19-20H,15-18H2,1-7H3. The summed E-state index contributed by atoms with van der Waals surface area (Å²) in [5.41, 5.74) is 1.01. The average molecular weight is 495 g/mol. The van der Waals surface area contributed by atoms with E-state index >= 15 is 0 Å². The first-order valence-corrected chi connectivity index (χ1v) is 12.5. The average Bonchev–Trinajstić information content (AvgIpc) is 2.82. The van der Waals surface area contributed by atoms with Gasteiger partial charge in [-0.05, 0) is 28.9 Å². The molecule has 0 saturated heterocycles. The highest BCUT2D eigenvalue weighted by atomic mass is 16.6. The van der Waals surface area contributed by atoms with Gasteiger partial charge in [0.25, 0.3) is 0 Å². The molecular weight excluding hydrogens is 456 g/mol. The van der Waals surface area contributed by atoms with Crippen molar-refractivity contribution in [1.29, 1.82) is 0 Å². The summed E-state index contributed by atoms with van der Waals surface area (Å²) in [4.78, 5) is 24.7. The third kappa shape index (κ3) is 6.90. The lowest BCUT2D eigenvalue weighted by molar-refractivity contribution is -0.147. The Labute approximate surface area is 213 Å². The minimum atomic E-state index is -0.416. The monoisotopic (exact) mass is 494 g/mol. The molecule has 6 nitrogen and oxygen atoms in total. The van der Waals surface area contributed by atoms with Crippen molar-refractivity contribution in [2.24, 2.45) is 11.8 Å². The maximum atomic E-state index is 12.3. The number of benzene rings is 3. The van der Waals surface area contributed by atoms with E-state index in [1.807, 2.05) is 58.0 Å². The van der Waals surface area contributed by atoms with Gasteiger partial charge < -0.3 is 18.9 Å². The summed E-state index contributed by atoms with van der Waals surface area (Å²) < 4.78 is 22.8. The van der Waals surface area contributed by atoms with E-state index in [1.165, 1.54) is 0 Å². The van der Waals surface area contributed by atoms with Crippen molar-refractivity contribution < 1.29 is 28.5 Å². The zero-order valence-corrected chi connectivity index (χ0v) is 22.5. The first kappa shape index (κ1) is 27.3. The molecule has 0 saturated carbocycles. The number of ether oxygens (including phenoxy) is 4. The van der Waals surface area contributed by atoms with Gasteiger partial charge in [-0.15, -0.1) is 0 Å². The van der Waals surface area contributed by atoms with Gasteiger partial charge in [0.1, 0.15) is 11.5 Å². The number of rotatable bonds is 10. The van der Waals surface area contributed by atoms with E-state index in [0.717, 1.165) is 27.1 Å². The van der Waals surface area contributed by atoms with Gasteiger partial charge in [-0.25, -0.2) is 9.59 Å². The van der Waals surface area contributed by atoms with E-state index in [-0.39, 0.29) is 30.5 Å². The fourth-order valence-electron chi connectivity index (χ4n) is 3.74. The van der Waals surface area contributed by atoms with Crippen molar-refractivity contribution >= 4 is 33.5 Å². The van der Waals surface area contributed by atoms with E-state index in [9.17, 15) is 9.59 Å². The molecule has 0 aliphatic heterocycles. The molecule has 0 fully saturated rings. The highest BCUT2D eigenvalue weighted by Gasteiger charge is 2.21. The molecule has 36 heavy (non-hydrogen) atoms. The Morgan fingerprint density at radius 2 is 1.14 bits per heavy atom. The largest absolute Gasteiger partial charge is 0.481 e. The molecule has 0 spiro atoms. The Balaban J connectivity index is 2.07. The molecule has 0 aliphatic rings. The van der Waals surface area contributed by atoms with Gasteiger partial charge in [-0.1, -0.05) is 84.9 Å². The number of fused-ring (bicyclic) bond motifs is 2. The molecule has 0 bridgehead atoms. The Hall–Kier alpha value is -3.28. The summed E-state index contributed by atoms with van der Waals surface area (Å²) in [5.74, 6) is 0.825. The predicted octanol–water partition coefficient (Wildman–Crippen LogP) is 6.45. The summed E-state index contributed by atoms with van der Waals surface area (Å²) >= 11 is 0. The summed E-state index contributed by atoms with van der Waals surface area (Å²) in [6.45, 7) is 14.7. The molecule has 3 aromatic rings. The summed E-state index contributed by atoms with van der Waals surface area (Å²) in [6.07, 6.45) is 0. The molecule has 194 valence electrons. The maximum Gasteiger partial charge on any atom is 0.344 e. The van der Waals surface area contributed by atoms with Gasteiger partial charge in [0.15, 0.2) is 13.2 Å². The highest BCUT2D eigenvalue weighted by molar-refractivity contribution is 6.11. The minimum absolute atomic E-state index is 0.102. The van der Waals surface area contributed by atoms with Crippen LogP contribution < -0.4 is 9.47 Å². The van der Waals surface area contributed by atoms with Gasteiger partial charge in [-0.2, -0.15) is 0 Å². The van der Waals surface area contributed by atoms with Crippen molar-refractivity contribution in [2.45, 2.75) is 53.9 Å². The van der Waals surface area contributed by atoms with Gasteiger partial charge in [0.2, 0.25) is 0 Å². The number of carbonyl (C=O) groups excluding carboxylic acids is 2. The van der Waals surface area contributed by atoms with E-state index in [4.69, 9.17) is 18.9 Å². The lowest BCUT2D eigenvalue weighted by Crippen LogP contribution is -2.18. The summed E-state index contributed by atoms with van der Waals surface area (Å²) in [7, 11) is 0. The second kappa shape index (κ2) is 11.6. The summed E-state index contributed by atoms with van der Waals surface area (Å²) in [5, 5.41) is 3.18. The normalized spacial score (nSPS) is 11.8. The first-order chi connectivity index (χ1) is 17.0. The van der Waals surface area contributed by atoms with Gasteiger partial charge in [0.05, 0.1) is 13.2 Å². The fraction of sp³-hybridized carbons (Fsp3) is 0.467. The van der Waals surface area contributed by atoms with Crippen LogP contribution >= 0.6 is 0 Å². The third-order valence-corrected chi connectivity index (χ3v) is 5.62. The van der Waals surface area contributed by atoms with E-state index in [1.54, 1.807) is 0 Å². The van der Waals surface area contributed by atoms with Crippen LogP contribution in [0.5, 0.6) is 11.5 Å². The molecule has 0 aliphatic carbocycles. The third-order valence-electron chi connectivity index (χ3n) is 5.62. The minimum Gasteiger partial charge on any atom is -0.481 e. The van der Waals surface area contributed by atoms with E-state index in [2.05, 4.69) is 32.9 Å². The van der Waals surface area contributed by atoms with Gasteiger partial charge in [-0.3, -0.25) is 0 Å². The number of hydrogen-bond donors (Lipinski definition) is 0. The lowest BCUT2D eigenvalue weighted by atomic mass is 9.85. The topological polar surface area (TPSA) is 71.1 Å². The smallest absolute Gasteiger partial charge is 0.344 e. The molecule has 0 heterocycles. The van der Waals surface area contributed by atoms with Crippen LogP contribution in [-0.2, 0) is 24.5 Å². The van der Waals surface area contributed by atoms with E-state index in [0.29, 0.717) is 24.7 Å². The second-order valence-corrected chi connectivity index (χ2v) is 10.9. The Morgan fingerprint density at radius 3 is 1.58 bits per heavy atom. The van der Waals surface area contributed by atoms with Crippen molar-refractivity contribution in [2.75, 3.05) is 26.4 Å². The van der Waals surface area contributed by atoms with Crippen molar-refractivity contribution in [3.8, 4) is 11.5 Å². The maximum absolute atomic E-state index is 12.3. The number of hydrogen-bond acceptors (Lipinski definition) is 6. The van der Waals surface area contributed by atoms with Crippen molar-refractivity contribution in [3.63, 3.8) is 0 Å². The molecule has 0 amide bonds. The van der Waals surface area contributed by atoms with Crippen molar-refractivity contribution in [1.82, 2.24) is 0 Å².